The van der Waals surface area contributed by atoms with Gasteiger partial charge < -0.3 is 4.43 Å². The Kier molecular flexibility index (Phi) is 3.62. The molecule has 2 nitrogen and oxygen atoms in total. The summed E-state index contributed by atoms with van der Waals surface area (Å²) in [6.07, 6.45) is 0. The fourth-order valence-corrected chi connectivity index (χ4v) is 4.71. The van der Waals surface area contributed by atoms with E-state index >= 15 is 0 Å². The predicted octanol–water partition coefficient (Wildman–Crippen LogP) is 1.75. The Morgan fingerprint density at radius 1 is 0.944 bits per heavy atom. The molecule has 0 aromatic heterocycles. The van der Waals surface area contributed by atoms with E-state index in [0.717, 1.165) is 10.4 Å². The van der Waals surface area contributed by atoms with E-state index in [-0.39, 0.29) is 0 Å². The highest BCUT2D eigenvalue weighted by Crippen LogP contribution is 2.07. The van der Waals surface area contributed by atoms with E-state index < -0.39 is 14.3 Å². The van der Waals surface area contributed by atoms with Gasteiger partial charge in [-0.25, -0.2) is 0 Å². The van der Waals surface area contributed by atoms with Crippen LogP contribution in [0.25, 0.3) is 0 Å². The smallest absolute Gasteiger partial charge is 0.315 e. The quantitative estimate of drug-likeness (QED) is 0.781. The summed E-state index contributed by atoms with van der Waals surface area (Å²) >= 11 is 0. The van der Waals surface area contributed by atoms with Crippen molar-refractivity contribution in [1.29, 1.82) is 0 Å². The maximum atomic E-state index is 11.3. The van der Waals surface area contributed by atoms with Crippen LogP contribution in [0.15, 0.2) is 60.7 Å². The van der Waals surface area contributed by atoms with Crippen molar-refractivity contribution in [2.75, 3.05) is 0 Å². The lowest BCUT2D eigenvalue weighted by Gasteiger charge is -2.27. The molecule has 91 valence electrons. The van der Waals surface area contributed by atoms with Crippen molar-refractivity contribution in [3.05, 3.63) is 67.6 Å². The summed E-state index contributed by atoms with van der Waals surface area (Å²) in [5.41, 5.74) is 0. The molecule has 3 heteroatoms. The van der Waals surface area contributed by atoms with Gasteiger partial charge in [0.25, 0.3) is 5.97 Å². The number of hydrogen-bond donors (Lipinski definition) is 0. The molecular weight excluding hydrogens is 240 g/mol. The van der Waals surface area contributed by atoms with Crippen molar-refractivity contribution in [1.82, 2.24) is 0 Å². The fraction of sp³-hybridized carbons (Fsp3) is 0.0667. The first-order valence-corrected chi connectivity index (χ1v) is 8.20. The molecule has 1 radical (unpaired) electrons. The minimum Gasteiger partial charge on any atom is -0.510 e. The van der Waals surface area contributed by atoms with E-state index in [9.17, 15) is 4.79 Å². The number of benzene rings is 2. The van der Waals surface area contributed by atoms with Crippen LogP contribution in [0.2, 0.25) is 6.55 Å². The second-order valence-corrected chi connectivity index (χ2v) is 7.66. The molecule has 0 bridgehead atoms. The summed E-state index contributed by atoms with van der Waals surface area (Å²) in [6.45, 7) is 5.36. The zero-order valence-corrected chi connectivity index (χ0v) is 11.3. The Hall–Kier alpha value is -1.87. The number of rotatable bonds is 3. The van der Waals surface area contributed by atoms with Gasteiger partial charge in [-0.1, -0.05) is 60.7 Å². The molecule has 0 aliphatic heterocycles. The van der Waals surface area contributed by atoms with Gasteiger partial charge in [0, 0.05) is 0 Å². The third-order valence-electron chi connectivity index (χ3n) is 2.97. The van der Waals surface area contributed by atoms with Gasteiger partial charge in [0.1, 0.15) is 0 Å². The molecule has 0 saturated carbocycles. The summed E-state index contributed by atoms with van der Waals surface area (Å²) in [5, 5.41) is 2.13. The molecule has 0 saturated heterocycles. The Bertz CT molecular complexity index is 483. The minimum absolute atomic E-state index is 0.475. The summed E-state index contributed by atoms with van der Waals surface area (Å²) in [5.74, 6) is -0.475. The SMILES string of the molecule is [CH2]C(=O)O[Si](C)(c1ccccc1)c1ccccc1. The first-order chi connectivity index (χ1) is 8.63. The van der Waals surface area contributed by atoms with Gasteiger partial charge in [0.15, 0.2) is 0 Å². The van der Waals surface area contributed by atoms with Crippen LogP contribution in [0, 0.1) is 6.92 Å². The van der Waals surface area contributed by atoms with Crippen molar-refractivity contribution in [2.45, 2.75) is 6.55 Å². The van der Waals surface area contributed by atoms with Crippen LogP contribution in [0.3, 0.4) is 0 Å². The van der Waals surface area contributed by atoms with Gasteiger partial charge >= 0.3 is 8.32 Å². The second kappa shape index (κ2) is 5.19. The molecule has 0 aliphatic carbocycles. The molecule has 0 fully saturated rings. The number of hydrogen-bond acceptors (Lipinski definition) is 2. The van der Waals surface area contributed by atoms with E-state index in [2.05, 4.69) is 6.92 Å². The van der Waals surface area contributed by atoms with Gasteiger partial charge in [-0.3, -0.25) is 4.79 Å². The molecule has 0 spiro atoms. The van der Waals surface area contributed by atoms with Crippen molar-refractivity contribution in [3.8, 4) is 0 Å². The maximum absolute atomic E-state index is 11.3. The van der Waals surface area contributed by atoms with Crippen molar-refractivity contribution >= 4 is 24.7 Å². The summed E-state index contributed by atoms with van der Waals surface area (Å²) in [4.78, 5) is 11.3. The number of carbonyl (C=O) groups is 1. The third-order valence-corrected chi connectivity index (χ3v) is 6.47. The predicted molar refractivity (Wildman–Crippen MR) is 75.2 cm³/mol. The van der Waals surface area contributed by atoms with Crippen molar-refractivity contribution in [3.63, 3.8) is 0 Å². The fourth-order valence-electron chi connectivity index (χ4n) is 2.02. The van der Waals surface area contributed by atoms with Gasteiger partial charge in [0.2, 0.25) is 0 Å². The topological polar surface area (TPSA) is 26.3 Å². The molecule has 2 rings (SSSR count). The largest absolute Gasteiger partial charge is 0.510 e. The van der Waals surface area contributed by atoms with Gasteiger partial charge in [-0.2, -0.15) is 0 Å². The first-order valence-electron chi connectivity index (χ1n) is 5.79. The molecule has 0 heterocycles. The van der Waals surface area contributed by atoms with Crippen LogP contribution < -0.4 is 10.4 Å². The Labute approximate surface area is 108 Å². The van der Waals surface area contributed by atoms with E-state index in [1.54, 1.807) is 0 Å². The molecule has 0 N–H and O–H groups in total. The monoisotopic (exact) mass is 255 g/mol. The number of carbonyl (C=O) groups excluding carboxylic acids is 1. The molecule has 0 amide bonds. The highest BCUT2D eigenvalue weighted by molar-refractivity contribution is 6.97. The summed E-state index contributed by atoms with van der Waals surface area (Å²) in [7, 11) is -2.48. The van der Waals surface area contributed by atoms with Crippen LogP contribution in [-0.2, 0) is 9.22 Å². The molecular formula is C15H15O2Si. The zero-order chi connectivity index (χ0) is 13.0. The second-order valence-electron chi connectivity index (χ2n) is 4.24. The van der Waals surface area contributed by atoms with Crippen LogP contribution in [0.1, 0.15) is 0 Å². The zero-order valence-electron chi connectivity index (χ0n) is 10.3. The highest BCUT2D eigenvalue weighted by Gasteiger charge is 2.36. The van der Waals surface area contributed by atoms with Crippen molar-refractivity contribution < 1.29 is 9.22 Å². The minimum atomic E-state index is -2.48. The summed E-state index contributed by atoms with van der Waals surface area (Å²) < 4.78 is 5.60. The Morgan fingerprint density at radius 2 is 1.33 bits per heavy atom. The van der Waals surface area contributed by atoms with Crippen LogP contribution in [0.4, 0.5) is 0 Å². The molecule has 0 atom stereocenters. The molecule has 2 aromatic carbocycles. The normalized spacial score (nSPS) is 11.0. The standard InChI is InChI=1S/C15H15O2Si/c1-13(16)17-18(2,14-9-5-3-6-10-14)15-11-7-4-8-12-15/h3-12H,1H2,2H3. The lowest BCUT2D eigenvalue weighted by Crippen LogP contribution is -2.59. The van der Waals surface area contributed by atoms with Crippen LogP contribution >= 0.6 is 0 Å². The molecule has 2 aromatic rings. The molecule has 0 aliphatic rings. The highest BCUT2D eigenvalue weighted by atomic mass is 28.4. The Balaban J connectivity index is 2.51. The van der Waals surface area contributed by atoms with E-state index in [1.165, 1.54) is 0 Å². The van der Waals surface area contributed by atoms with E-state index in [0.29, 0.717) is 0 Å². The lowest BCUT2D eigenvalue weighted by atomic mass is 10.4. The van der Waals surface area contributed by atoms with Crippen molar-refractivity contribution in [2.24, 2.45) is 0 Å². The molecule has 0 unspecified atom stereocenters. The first kappa shape index (κ1) is 12.6. The van der Waals surface area contributed by atoms with Gasteiger partial charge in [0.05, 0.1) is 6.92 Å². The van der Waals surface area contributed by atoms with E-state index in [1.807, 2.05) is 67.2 Å². The summed E-state index contributed by atoms with van der Waals surface area (Å²) in [6, 6.07) is 19.8. The molecule has 18 heavy (non-hydrogen) atoms. The third kappa shape index (κ3) is 2.51. The average molecular weight is 255 g/mol. The maximum Gasteiger partial charge on any atom is 0.315 e. The van der Waals surface area contributed by atoms with Gasteiger partial charge in [-0.05, 0) is 16.9 Å². The Morgan fingerprint density at radius 3 is 1.67 bits per heavy atom. The van der Waals surface area contributed by atoms with Gasteiger partial charge in [-0.15, -0.1) is 0 Å². The average Bonchev–Trinajstić information content (AvgIpc) is 2.40. The van der Waals surface area contributed by atoms with E-state index in [4.69, 9.17) is 4.43 Å². The van der Waals surface area contributed by atoms with Crippen LogP contribution in [0.5, 0.6) is 0 Å². The van der Waals surface area contributed by atoms with Crippen LogP contribution in [-0.4, -0.2) is 14.3 Å². The lowest BCUT2D eigenvalue weighted by molar-refractivity contribution is -0.129.